The average Bonchev–Trinajstić information content (AvgIpc) is 2.49. The summed E-state index contributed by atoms with van der Waals surface area (Å²) in [4.78, 5) is 14.6. The summed E-state index contributed by atoms with van der Waals surface area (Å²) in [6.07, 6.45) is 3.60. The molecule has 6 nitrogen and oxygen atoms in total. The smallest absolute Gasteiger partial charge is 0.376 e. The molecule has 2 saturated heterocycles. The van der Waals surface area contributed by atoms with Crippen molar-refractivity contribution in [2.24, 2.45) is 0 Å². The van der Waals surface area contributed by atoms with Crippen molar-refractivity contribution in [2.75, 3.05) is 26.2 Å². The predicted molar refractivity (Wildman–Crippen MR) is 89.5 cm³/mol. The molecule has 0 aliphatic carbocycles. The molecule has 0 aromatic heterocycles. The second-order valence-corrected chi connectivity index (χ2v) is 6.45. The molecule has 0 amide bonds. The van der Waals surface area contributed by atoms with Gasteiger partial charge >= 0.3 is 14.1 Å². The molecule has 0 unspecified atom stereocenters. The zero-order valence-corrected chi connectivity index (χ0v) is 14.2. The lowest BCUT2D eigenvalue weighted by Crippen LogP contribution is -2.49. The first-order valence-electron chi connectivity index (χ1n) is 8.36. The van der Waals surface area contributed by atoms with Crippen LogP contribution in [-0.4, -0.2) is 76.4 Å². The SMILES string of the molecule is CB(O)N1CCC(=O)CC1.CCC1(O)CCN(B(C)O)CC1. The van der Waals surface area contributed by atoms with E-state index in [9.17, 15) is 14.9 Å². The number of Topliss-reactive ketones (excluding diaryl/α,β-unsaturated/α-hetero) is 1. The number of hydrogen-bond donors (Lipinski definition) is 3. The Balaban J connectivity index is 0.000000224. The molecule has 0 bridgehead atoms. The highest BCUT2D eigenvalue weighted by Crippen LogP contribution is 2.25. The van der Waals surface area contributed by atoms with Gasteiger partial charge in [-0.25, -0.2) is 0 Å². The molecular formula is C14H30B2N2O4. The van der Waals surface area contributed by atoms with Gasteiger partial charge in [-0.15, -0.1) is 0 Å². The van der Waals surface area contributed by atoms with Crippen LogP contribution in [0.3, 0.4) is 0 Å². The molecule has 2 heterocycles. The minimum Gasteiger partial charge on any atom is -0.437 e. The average molecular weight is 312 g/mol. The Kier molecular flexibility index (Phi) is 8.07. The van der Waals surface area contributed by atoms with Gasteiger partial charge in [-0.1, -0.05) is 6.92 Å². The van der Waals surface area contributed by atoms with Gasteiger partial charge < -0.3 is 24.8 Å². The van der Waals surface area contributed by atoms with E-state index in [2.05, 4.69) is 0 Å². The van der Waals surface area contributed by atoms with Gasteiger partial charge in [-0.05, 0) is 59.1 Å². The van der Waals surface area contributed by atoms with Crippen LogP contribution in [0.2, 0.25) is 13.6 Å². The molecule has 2 fully saturated rings. The number of nitrogens with zero attached hydrogens (tertiary/aromatic N) is 2. The maximum atomic E-state index is 10.7. The Hall–Kier alpha value is -0.400. The van der Waals surface area contributed by atoms with Crippen LogP contribution in [0.25, 0.3) is 0 Å². The molecule has 0 spiro atoms. The molecule has 2 rings (SSSR count). The number of ketones is 1. The molecule has 0 radical (unpaired) electrons. The number of piperidine rings is 2. The van der Waals surface area contributed by atoms with Crippen LogP contribution in [0.15, 0.2) is 0 Å². The third-order valence-corrected chi connectivity index (χ3v) is 4.80. The number of carbonyl (C=O) groups excluding carboxylic acids is 1. The zero-order chi connectivity index (χ0) is 16.8. The van der Waals surface area contributed by atoms with Gasteiger partial charge in [0, 0.05) is 12.8 Å². The minimum atomic E-state index is -0.467. The fourth-order valence-corrected chi connectivity index (χ4v) is 2.81. The van der Waals surface area contributed by atoms with Crippen LogP contribution in [0.4, 0.5) is 0 Å². The largest absolute Gasteiger partial charge is 0.437 e. The lowest BCUT2D eigenvalue weighted by molar-refractivity contribution is -0.120. The third kappa shape index (κ3) is 6.38. The van der Waals surface area contributed by atoms with Crippen LogP contribution >= 0.6 is 0 Å². The summed E-state index contributed by atoms with van der Waals surface area (Å²) in [6, 6.07) is 0. The van der Waals surface area contributed by atoms with Crippen LogP contribution in [0.5, 0.6) is 0 Å². The fraction of sp³-hybridized carbons (Fsp3) is 0.929. The lowest BCUT2D eigenvalue weighted by atomic mass is 9.79. The fourth-order valence-electron chi connectivity index (χ4n) is 2.81. The van der Waals surface area contributed by atoms with Gasteiger partial charge in [0.2, 0.25) is 0 Å². The Morgan fingerprint density at radius 3 is 1.77 bits per heavy atom. The molecule has 0 aromatic carbocycles. The molecule has 126 valence electrons. The van der Waals surface area contributed by atoms with Gasteiger partial charge in [0.05, 0.1) is 5.60 Å². The minimum absolute atomic E-state index is 0.317. The van der Waals surface area contributed by atoms with Crippen molar-refractivity contribution in [2.45, 2.75) is 58.3 Å². The van der Waals surface area contributed by atoms with E-state index in [4.69, 9.17) is 5.02 Å². The van der Waals surface area contributed by atoms with E-state index in [1.807, 2.05) is 16.5 Å². The maximum absolute atomic E-state index is 10.7. The van der Waals surface area contributed by atoms with E-state index < -0.39 is 12.7 Å². The summed E-state index contributed by atoms with van der Waals surface area (Å²) >= 11 is 0. The first-order chi connectivity index (χ1) is 10.3. The zero-order valence-electron chi connectivity index (χ0n) is 14.2. The molecule has 22 heavy (non-hydrogen) atoms. The number of carbonyl (C=O) groups is 1. The molecule has 8 heteroatoms. The van der Waals surface area contributed by atoms with E-state index >= 15 is 0 Å². The summed E-state index contributed by atoms with van der Waals surface area (Å²) in [5.41, 5.74) is -0.467. The molecule has 3 N–H and O–H groups in total. The molecule has 2 aliphatic rings. The second-order valence-electron chi connectivity index (χ2n) is 6.45. The Morgan fingerprint density at radius 1 is 1.00 bits per heavy atom. The van der Waals surface area contributed by atoms with Crippen molar-refractivity contribution in [1.29, 1.82) is 0 Å². The van der Waals surface area contributed by atoms with Gasteiger partial charge in [0.25, 0.3) is 0 Å². The standard InChI is InChI=1S/C8H18BNO2.C6H12BNO2/c1-3-8(11)4-6-10(7-5-8)9(2)12;1-7(10)8-4-2-6(9)3-5-8/h11-12H,3-7H2,1-2H3;10H,2-5H2,1H3. The van der Waals surface area contributed by atoms with Crippen molar-refractivity contribution in [3.8, 4) is 0 Å². The van der Waals surface area contributed by atoms with Crippen LogP contribution in [-0.2, 0) is 4.79 Å². The van der Waals surface area contributed by atoms with E-state index in [0.29, 0.717) is 18.6 Å². The Bertz CT molecular complexity index is 338. The first kappa shape index (κ1) is 19.6. The van der Waals surface area contributed by atoms with Gasteiger partial charge in [0.15, 0.2) is 0 Å². The predicted octanol–water partition coefficient (Wildman–Crippen LogP) is 0.0952. The molecule has 0 saturated carbocycles. The lowest BCUT2D eigenvalue weighted by Gasteiger charge is -2.38. The van der Waals surface area contributed by atoms with Crippen molar-refractivity contribution >= 4 is 19.9 Å². The number of aliphatic hydroxyl groups is 1. The summed E-state index contributed by atoms with van der Waals surface area (Å²) in [5, 5.41) is 28.2. The van der Waals surface area contributed by atoms with Gasteiger partial charge in [-0.3, -0.25) is 4.79 Å². The molecular weight excluding hydrogens is 282 g/mol. The highest BCUT2D eigenvalue weighted by atomic mass is 16.3. The van der Waals surface area contributed by atoms with Crippen LogP contribution in [0.1, 0.15) is 39.0 Å². The van der Waals surface area contributed by atoms with Crippen molar-refractivity contribution in [3.63, 3.8) is 0 Å². The summed E-state index contributed by atoms with van der Waals surface area (Å²) in [7, 11) is -0.764. The van der Waals surface area contributed by atoms with Crippen LogP contribution < -0.4 is 0 Å². The highest BCUT2D eigenvalue weighted by Gasteiger charge is 2.32. The monoisotopic (exact) mass is 312 g/mol. The Labute approximate surface area is 134 Å². The normalized spacial score (nSPS) is 22.7. The van der Waals surface area contributed by atoms with E-state index in [0.717, 1.165) is 45.4 Å². The molecule has 2 aliphatic heterocycles. The van der Waals surface area contributed by atoms with Gasteiger partial charge in [-0.2, -0.15) is 0 Å². The third-order valence-electron chi connectivity index (χ3n) is 4.80. The molecule has 0 aromatic rings. The topological polar surface area (TPSA) is 84.2 Å². The van der Waals surface area contributed by atoms with E-state index in [1.54, 1.807) is 13.6 Å². The number of hydrogen-bond acceptors (Lipinski definition) is 6. The summed E-state index contributed by atoms with van der Waals surface area (Å²) in [5.74, 6) is 0.317. The van der Waals surface area contributed by atoms with Gasteiger partial charge in [0.1, 0.15) is 5.78 Å². The van der Waals surface area contributed by atoms with Crippen LogP contribution in [0, 0.1) is 0 Å². The van der Waals surface area contributed by atoms with E-state index in [-0.39, 0.29) is 7.05 Å². The quantitative estimate of drug-likeness (QED) is 0.641. The summed E-state index contributed by atoms with van der Waals surface area (Å²) in [6.45, 7) is 8.57. The number of rotatable bonds is 3. The second kappa shape index (κ2) is 9.03. The van der Waals surface area contributed by atoms with Crippen molar-refractivity contribution < 1.29 is 19.9 Å². The van der Waals surface area contributed by atoms with Crippen molar-refractivity contribution in [1.82, 2.24) is 9.62 Å². The molecule has 0 atom stereocenters. The first-order valence-corrected chi connectivity index (χ1v) is 8.36. The van der Waals surface area contributed by atoms with Crippen molar-refractivity contribution in [3.05, 3.63) is 0 Å². The summed E-state index contributed by atoms with van der Waals surface area (Å²) < 4.78 is 0. The Morgan fingerprint density at radius 2 is 1.41 bits per heavy atom. The van der Waals surface area contributed by atoms with E-state index in [1.165, 1.54) is 0 Å². The highest BCUT2D eigenvalue weighted by molar-refractivity contribution is 6.45. The maximum Gasteiger partial charge on any atom is 0.376 e.